The Kier molecular flexibility index (Phi) is 8.01. The number of aliphatic hydroxyl groups excluding tert-OH is 1. The van der Waals surface area contributed by atoms with E-state index in [0.29, 0.717) is 47.2 Å². The molecule has 3 aliphatic rings. The normalized spacial score (nSPS) is 17.3. The maximum Gasteiger partial charge on any atom is 0.293 e. The van der Waals surface area contributed by atoms with Crippen LogP contribution in [0.15, 0.2) is 41.5 Å². The molecule has 2 aliphatic heterocycles. The van der Waals surface area contributed by atoms with Gasteiger partial charge in [-0.05, 0) is 106 Å². The average Bonchev–Trinajstić information content (AvgIpc) is 3.43. The molecule has 9 nitrogen and oxygen atoms in total. The summed E-state index contributed by atoms with van der Waals surface area (Å²) in [6.07, 6.45) is 10.5. The Morgan fingerprint density at radius 3 is 2.60 bits per heavy atom. The first-order valence-electron chi connectivity index (χ1n) is 15.7. The third-order valence-corrected chi connectivity index (χ3v) is 10.8. The van der Waals surface area contributed by atoms with Crippen LogP contribution < -0.4 is 15.8 Å². The number of likely N-dealkylation sites (tertiary alicyclic amines) is 1. The van der Waals surface area contributed by atoms with E-state index in [4.69, 9.17) is 0 Å². The number of nitrogens with one attached hydrogen (secondary N) is 1. The van der Waals surface area contributed by atoms with Crippen LogP contribution in [0.4, 0.5) is 21.7 Å². The zero-order valence-electron chi connectivity index (χ0n) is 25.6. The quantitative estimate of drug-likeness (QED) is 0.304. The summed E-state index contributed by atoms with van der Waals surface area (Å²) in [5, 5.41) is 13.6. The molecule has 11 heteroatoms. The van der Waals surface area contributed by atoms with Crippen molar-refractivity contribution >= 4 is 34.6 Å². The van der Waals surface area contributed by atoms with Crippen LogP contribution in [0, 0.1) is 5.82 Å². The zero-order valence-corrected chi connectivity index (χ0v) is 26.4. The molecule has 0 radical (unpaired) electrons. The van der Waals surface area contributed by atoms with Crippen LogP contribution in [0.3, 0.4) is 0 Å². The lowest BCUT2D eigenvalue weighted by Crippen LogP contribution is -2.37. The van der Waals surface area contributed by atoms with Gasteiger partial charge in [-0.3, -0.25) is 9.59 Å². The summed E-state index contributed by atoms with van der Waals surface area (Å²) in [7, 11) is 3.73. The summed E-state index contributed by atoms with van der Waals surface area (Å²) in [6, 6.07) is 6.49. The van der Waals surface area contributed by atoms with Crippen molar-refractivity contribution in [2.45, 2.75) is 57.5 Å². The molecule has 5 heterocycles. The Labute approximate surface area is 265 Å². The minimum Gasteiger partial charge on any atom is -0.392 e. The van der Waals surface area contributed by atoms with Gasteiger partial charge in [-0.25, -0.2) is 14.4 Å². The fourth-order valence-corrected chi connectivity index (χ4v) is 8.39. The van der Waals surface area contributed by atoms with E-state index in [-0.39, 0.29) is 17.3 Å². The van der Waals surface area contributed by atoms with Crippen LogP contribution in [0.25, 0.3) is 11.3 Å². The van der Waals surface area contributed by atoms with Crippen LogP contribution in [-0.4, -0.2) is 57.1 Å². The van der Waals surface area contributed by atoms with Crippen molar-refractivity contribution in [3.05, 3.63) is 84.8 Å². The lowest BCUT2D eigenvalue weighted by Gasteiger charge is -2.30. The van der Waals surface area contributed by atoms with E-state index in [9.17, 15) is 14.7 Å². The SMILES string of the molecule is CN1CCC(c2ccc(Nc3nc(-c4cc(F)cc(N5CCc6c(sc7c6CCCC7)C5=O)c4CO)cn(C)c3=O)nc2)CC1. The first-order chi connectivity index (χ1) is 21.8. The predicted molar refractivity (Wildman–Crippen MR) is 174 cm³/mol. The van der Waals surface area contributed by atoms with Gasteiger partial charge in [-0.15, -0.1) is 11.3 Å². The molecule has 234 valence electrons. The number of carbonyl (C=O) groups excluding carboxylic acids is 1. The van der Waals surface area contributed by atoms with Gasteiger partial charge in [-0.2, -0.15) is 0 Å². The molecule has 3 aromatic heterocycles. The van der Waals surface area contributed by atoms with E-state index in [2.05, 4.69) is 27.2 Å². The van der Waals surface area contributed by atoms with Crippen molar-refractivity contribution in [2.24, 2.45) is 7.05 Å². The number of nitrogens with zero attached hydrogens (tertiary/aromatic N) is 5. The lowest BCUT2D eigenvalue weighted by atomic mass is 9.91. The molecule has 45 heavy (non-hydrogen) atoms. The number of hydrogen-bond donors (Lipinski definition) is 2. The maximum absolute atomic E-state index is 15.3. The molecule has 1 aliphatic carbocycles. The molecule has 1 aromatic carbocycles. The number of amides is 1. The molecule has 0 bridgehead atoms. The monoisotopic (exact) mass is 628 g/mol. The summed E-state index contributed by atoms with van der Waals surface area (Å²) in [6.45, 7) is 2.07. The topological polar surface area (TPSA) is 104 Å². The second kappa shape index (κ2) is 12.1. The van der Waals surface area contributed by atoms with Crippen molar-refractivity contribution in [1.82, 2.24) is 19.4 Å². The highest BCUT2D eigenvalue weighted by Crippen LogP contribution is 2.40. The smallest absolute Gasteiger partial charge is 0.293 e. The van der Waals surface area contributed by atoms with E-state index in [0.717, 1.165) is 62.1 Å². The second-order valence-electron chi connectivity index (χ2n) is 12.4. The van der Waals surface area contributed by atoms with Crippen LogP contribution in [0.1, 0.15) is 68.4 Å². The van der Waals surface area contributed by atoms with Crippen molar-refractivity contribution in [2.75, 3.05) is 36.9 Å². The van der Waals surface area contributed by atoms with Crippen LogP contribution in [-0.2, 0) is 32.9 Å². The van der Waals surface area contributed by atoms with Crippen LogP contribution in [0.2, 0.25) is 0 Å². The number of anilines is 3. The summed E-state index contributed by atoms with van der Waals surface area (Å²) >= 11 is 1.56. The van der Waals surface area contributed by atoms with Gasteiger partial charge in [0.05, 0.1) is 22.9 Å². The number of thiophene rings is 1. The summed E-state index contributed by atoms with van der Waals surface area (Å²) < 4.78 is 16.7. The van der Waals surface area contributed by atoms with E-state index >= 15 is 4.39 Å². The summed E-state index contributed by atoms with van der Waals surface area (Å²) in [4.78, 5) is 42.0. The fraction of sp³-hybridized carbons (Fsp3) is 0.412. The Bertz CT molecular complexity index is 1830. The van der Waals surface area contributed by atoms with Crippen LogP contribution in [0.5, 0.6) is 0 Å². The zero-order chi connectivity index (χ0) is 31.2. The molecular weight excluding hydrogens is 591 g/mol. The molecule has 7 rings (SSSR count). The first-order valence-corrected chi connectivity index (χ1v) is 16.5. The molecule has 4 aromatic rings. The van der Waals surface area contributed by atoms with Crippen molar-refractivity contribution in [1.29, 1.82) is 0 Å². The number of aromatic nitrogens is 3. The Balaban J connectivity index is 1.20. The van der Waals surface area contributed by atoms with Gasteiger partial charge in [0.15, 0.2) is 5.82 Å². The van der Waals surface area contributed by atoms with Crippen molar-refractivity contribution in [3.8, 4) is 11.3 Å². The first kappa shape index (κ1) is 29.8. The Morgan fingerprint density at radius 2 is 1.84 bits per heavy atom. The Morgan fingerprint density at radius 1 is 1.04 bits per heavy atom. The largest absolute Gasteiger partial charge is 0.392 e. The van der Waals surface area contributed by atoms with Gasteiger partial charge in [0, 0.05) is 42.0 Å². The molecule has 0 spiro atoms. The third-order valence-electron chi connectivity index (χ3n) is 9.52. The number of piperidine rings is 1. The molecule has 2 N–H and O–H groups in total. The van der Waals surface area contributed by atoms with Gasteiger partial charge in [0.25, 0.3) is 11.5 Å². The third kappa shape index (κ3) is 5.57. The predicted octanol–water partition coefficient (Wildman–Crippen LogP) is 5.17. The van der Waals surface area contributed by atoms with E-state index < -0.39 is 12.4 Å². The van der Waals surface area contributed by atoms with Gasteiger partial charge < -0.3 is 24.8 Å². The number of fused-ring (bicyclic) bond motifs is 3. The molecular formula is C34H37FN6O3S. The molecule has 0 saturated carbocycles. The Hall–Kier alpha value is -3.93. The highest BCUT2D eigenvalue weighted by Gasteiger charge is 2.34. The number of aryl methyl sites for hydroxylation is 2. The number of hydrogen-bond acceptors (Lipinski definition) is 8. The number of halogens is 1. The van der Waals surface area contributed by atoms with Crippen molar-refractivity contribution < 1.29 is 14.3 Å². The van der Waals surface area contributed by atoms with E-state index in [1.54, 1.807) is 23.3 Å². The number of rotatable bonds is 6. The highest BCUT2D eigenvalue weighted by molar-refractivity contribution is 7.14. The molecule has 0 unspecified atom stereocenters. The fourth-order valence-electron chi connectivity index (χ4n) is 7.01. The number of aliphatic hydroxyl groups is 1. The highest BCUT2D eigenvalue weighted by atomic mass is 32.1. The maximum atomic E-state index is 15.3. The van der Waals surface area contributed by atoms with E-state index in [1.807, 2.05) is 18.3 Å². The van der Waals surface area contributed by atoms with E-state index in [1.165, 1.54) is 38.9 Å². The standard InChI is InChI=1S/C34H37FN6O3S/c1-39-12-9-20(10-13-39)21-7-8-30(36-17-21)38-32-34(44)40(2)18-27(37-32)25-15-22(35)16-28(26(25)19-42)41-14-11-24-23-5-3-4-6-29(23)45-31(24)33(41)43/h7-8,15-18,20,42H,3-6,9-14,19H2,1-2H3,(H,36,37,38). The van der Waals surface area contributed by atoms with Crippen LogP contribution >= 0.6 is 11.3 Å². The minimum absolute atomic E-state index is 0.0344. The molecule has 0 atom stereocenters. The second-order valence-corrected chi connectivity index (χ2v) is 13.5. The molecule has 1 amide bonds. The number of carbonyl (C=O) groups is 1. The van der Waals surface area contributed by atoms with Crippen molar-refractivity contribution in [3.63, 3.8) is 0 Å². The van der Waals surface area contributed by atoms with Gasteiger partial charge in [0.1, 0.15) is 11.6 Å². The number of pyridine rings is 1. The summed E-state index contributed by atoms with van der Waals surface area (Å²) in [5.74, 6) is 0.251. The van der Waals surface area contributed by atoms with Gasteiger partial charge >= 0.3 is 0 Å². The van der Waals surface area contributed by atoms with Gasteiger partial charge in [0.2, 0.25) is 0 Å². The summed E-state index contributed by atoms with van der Waals surface area (Å²) in [5.41, 5.74) is 4.59. The van der Waals surface area contributed by atoms with Gasteiger partial charge in [-0.1, -0.05) is 6.07 Å². The average molecular weight is 629 g/mol. The molecule has 1 saturated heterocycles. The number of benzene rings is 1. The minimum atomic E-state index is -0.558. The lowest BCUT2D eigenvalue weighted by molar-refractivity contribution is 0.0984. The molecule has 1 fully saturated rings.